The number of aliphatic hydroxyl groups is 1. The van der Waals surface area contributed by atoms with E-state index in [1.165, 1.54) is 11.5 Å². The number of nitrogens with one attached hydrogen (secondary N) is 1. The van der Waals surface area contributed by atoms with Crippen LogP contribution >= 0.6 is 23.3 Å². The molecule has 0 aliphatic rings. The highest BCUT2D eigenvalue weighted by Crippen LogP contribution is 2.19. The molecule has 4 N–H and O–H groups in total. The highest BCUT2D eigenvalue weighted by atomic mass is 32.2. The zero-order valence-electron chi connectivity index (χ0n) is 8.28. The first-order chi connectivity index (χ1) is 6.53. The quantitative estimate of drug-likeness (QED) is 0.714. The van der Waals surface area contributed by atoms with Crippen LogP contribution in [-0.4, -0.2) is 33.6 Å². The lowest BCUT2D eigenvalue weighted by Gasteiger charge is -2.22. The molecule has 6 heteroatoms. The van der Waals surface area contributed by atoms with E-state index in [0.29, 0.717) is 18.1 Å². The number of aromatic nitrogens is 1. The number of thioether (sulfide) groups is 1. The van der Waals surface area contributed by atoms with Crippen LogP contribution in [0.15, 0.2) is 6.07 Å². The van der Waals surface area contributed by atoms with Crippen LogP contribution in [0.2, 0.25) is 0 Å². The van der Waals surface area contributed by atoms with Gasteiger partial charge in [-0.15, -0.1) is 0 Å². The predicted octanol–water partition coefficient (Wildman–Crippen LogP) is 1.25. The average molecular weight is 233 g/mol. The minimum atomic E-state index is -0.696. The third-order valence-electron chi connectivity index (χ3n) is 1.63. The van der Waals surface area contributed by atoms with Crippen molar-refractivity contribution in [2.24, 2.45) is 0 Å². The highest BCUT2D eigenvalue weighted by molar-refractivity contribution is 7.98. The fourth-order valence-corrected chi connectivity index (χ4v) is 2.30. The highest BCUT2D eigenvalue weighted by Gasteiger charge is 2.19. The van der Waals surface area contributed by atoms with Crippen LogP contribution in [-0.2, 0) is 0 Å². The zero-order valence-corrected chi connectivity index (χ0v) is 9.91. The van der Waals surface area contributed by atoms with Gasteiger partial charge >= 0.3 is 0 Å². The van der Waals surface area contributed by atoms with E-state index >= 15 is 0 Å². The molecule has 0 saturated heterocycles. The maximum Gasteiger partial charge on any atom is 0.139 e. The zero-order chi connectivity index (χ0) is 10.6. The minimum Gasteiger partial charge on any atom is -0.387 e. The molecule has 0 saturated carbocycles. The average Bonchev–Trinajstić information content (AvgIpc) is 2.48. The first-order valence-corrected chi connectivity index (χ1v) is 6.37. The van der Waals surface area contributed by atoms with Gasteiger partial charge in [0.1, 0.15) is 10.8 Å². The monoisotopic (exact) mass is 233 g/mol. The van der Waals surface area contributed by atoms with Crippen molar-refractivity contribution in [1.82, 2.24) is 4.37 Å². The SMILES string of the molecule is CSCC(C)(O)CNc1cc(N)ns1. The summed E-state index contributed by atoms with van der Waals surface area (Å²) in [5.41, 5.74) is 4.77. The largest absolute Gasteiger partial charge is 0.387 e. The van der Waals surface area contributed by atoms with Crippen LogP contribution in [0.1, 0.15) is 6.92 Å². The fraction of sp³-hybridized carbons (Fsp3) is 0.625. The molecule has 4 nitrogen and oxygen atoms in total. The summed E-state index contributed by atoms with van der Waals surface area (Å²) in [6.07, 6.45) is 1.97. The van der Waals surface area contributed by atoms with E-state index in [1.54, 1.807) is 24.8 Å². The first kappa shape index (κ1) is 11.6. The second kappa shape index (κ2) is 4.86. The Morgan fingerprint density at radius 3 is 3.00 bits per heavy atom. The number of nitrogens with zero attached hydrogens (tertiary/aromatic N) is 1. The molecular weight excluding hydrogens is 218 g/mol. The van der Waals surface area contributed by atoms with E-state index < -0.39 is 5.60 Å². The molecule has 14 heavy (non-hydrogen) atoms. The molecule has 0 amide bonds. The summed E-state index contributed by atoms with van der Waals surface area (Å²) in [6.45, 7) is 2.32. The molecular formula is C8H15N3OS2. The molecule has 1 aromatic heterocycles. The number of rotatable bonds is 5. The lowest BCUT2D eigenvalue weighted by atomic mass is 10.1. The molecule has 0 fully saturated rings. The van der Waals surface area contributed by atoms with Crippen molar-refractivity contribution in [1.29, 1.82) is 0 Å². The van der Waals surface area contributed by atoms with Gasteiger partial charge in [-0.25, -0.2) is 0 Å². The summed E-state index contributed by atoms with van der Waals surface area (Å²) in [4.78, 5) is 0. The van der Waals surface area contributed by atoms with Gasteiger partial charge < -0.3 is 16.2 Å². The molecule has 0 aromatic carbocycles. The van der Waals surface area contributed by atoms with Crippen molar-refractivity contribution in [3.8, 4) is 0 Å². The Labute approximate surface area is 92.1 Å². The topological polar surface area (TPSA) is 71.2 Å². The molecule has 1 aromatic rings. The lowest BCUT2D eigenvalue weighted by molar-refractivity contribution is 0.0998. The molecule has 1 rings (SSSR count). The Bertz CT molecular complexity index is 288. The van der Waals surface area contributed by atoms with Gasteiger partial charge in [-0.2, -0.15) is 16.1 Å². The van der Waals surface area contributed by atoms with Gasteiger partial charge in [0.25, 0.3) is 0 Å². The van der Waals surface area contributed by atoms with Gasteiger partial charge in [0.05, 0.1) is 5.60 Å². The van der Waals surface area contributed by atoms with Crippen molar-refractivity contribution >= 4 is 34.1 Å². The van der Waals surface area contributed by atoms with Crippen LogP contribution in [0.5, 0.6) is 0 Å². The summed E-state index contributed by atoms with van der Waals surface area (Å²) < 4.78 is 3.93. The van der Waals surface area contributed by atoms with E-state index in [0.717, 1.165) is 5.00 Å². The second-order valence-electron chi connectivity index (χ2n) is 3.40. The molecule has 0 radical (unpaired) electrons. The molecule has 1 heterocycles. The van der Waals surface area contributed by atoms with Gasteiger partial charge in [-0.3, -0.25) is 0 Å². The molecule has 0 aliphatic carbocycles. The maximum absolute atomic E-state index is 9.85. The van der Waals surface area contributed by atoms with E-state index in [9.17, 15) is 5.11 Å². The van der Waals surface area contributed by atoms with E-state index in [1.807, 2.05) is 6.26 Å². The van der Waals surface area contributed by atoms with E-state index in [4.69, 9.17) is 5.73 Å². The summed E-state index contributed by atoms with van der Waals surface area (Å²) in [5, 5.41) is 13.8. The Morgan fingerprint density at radius 1 is 1.79 bits per heavy atom. The number of anilines is 2. The summed E-state index contributed by atoms with van der Waals surface area (Å²) >= 11 is 2.93. The number of nitrogens with two attached hydrogens (primary N) is 1. The molecule has 1 atom stereocenters. The molecule has 0 bridgehead atoms. The van der Waals surface area contributed by atoms with Crippen LogP contribution in [0.3, 0.4) is 0 Å². The summed E-state index contributed by atoms with van der Waals surface area (Å²) in [6, 6.07) is 1.76. The maximum atomic E-state index is 9.85. The minimum absolute atomic E-state index is 0.509. The normalized spacial score (nSPS) is 15.1. The van der Waals surface area contributed by atoms with Crippen LogP contribution in [0.4, 0.5) is 10.8 Å². The molecule has 0 spiro atoms. The number of nitrogen functional groups attached to an aromatic ring is 1. The van der Waals surface area contributed by atoms with E-state index in [-0.39, 0.29) is 0 Å². The summed E-state index contributed by atoms with van der Waals surface area (Å²) in [5.74, 6) is 1.22. The van der Waals surface area contributed by atoms with Crippen molar-refractivity contribution in [3.05, 3.63) is 6.07 Å². The summed E-state index contributed by atoms with van der Waals surface area (Å²) in [7, 11) is 0. The van der Waals surface area contributed by atoms with Gasteiger partial charge in [0, 0.05) is 18.4 Å². The van der Waals surface area contributed by atoms with Crippen LogP contribution < -0.4 is 11.1 Å². The Hall–Kier alpha value is -0.460. The first-order valence-electron chi connectivity index (χ1n) is 4.21. The standard InChI is InChI=1S/C8H15N3OS2/c1-8(12,5-13-2)4-10-7-3-6(9)11-14-7/h3,10,12H,4-5H2,1-2H3,(H2,9,11). The van der Waals surface area contributed by atoms with Crippen molar-refractivity contribution in [3.63, 3.8) is 0 Å². The van der Waals surface area contributed by atoms with Gasteiger partial charge in [-0.05, 0) is 24.7 Å². The molecule has 0 aliphatic heterocycles. The third kappa shape index (κ3) is 3.73. The number of hydrogen-bond donors (Lipinski definition) is 3. The Balaban J connectivity index is 2.40. The smallest absolute Gasteiger partial charge is 0.139 e. The third-order valence-corrected chi connectivity index (χ3v) is 3.30. The van der Waals surface area contributed by atoms with Gasteiger partial charge in [-0.1, -0.05) is 0 Å². The van der Waals surface area contributed by atoms with Crippen molar-refractivity contribution in [2.75, 3.05) is 29.6 Å². The Kier molecular flexibility index (Phi) is 4.03. The Morgan fingerprint density at radius 2 is 2.50 bits per heavy atom. The van der Waals surface area contributed by atoms with Gasteiger partial charge in [0.2, 0.25) is 0 Å². The predicted molar refractivity (Wildman–Crippen MR) is 64.0 cm³/mol. The second-order valence-corrected chi connectivity index (χ2v) is 5.07. The van der Waals surface area contributed by atoms with Crippen molar-refractivity contribution < 1.29 is 5.11 Å². The molecule has 80 valence electrons. The molecule has 1 unspecified atom stereocenters. The van der Waals surface area contributed by atoms with E-state index in [2.05, 4.69) is 9.69 Å². The fourth-order valence-electron chi connectivity index (χ4n) is 1.01. The van der Waals surface area contributed by atoms with Crippen LogP contribution in [0.25, 0.3) is 0 Å². The van der Waals surface area contributed by atoms with Crippen molar-refractivity contribution in [2.45, 2.75) is 12.5 Å². The van der Waals surface area contributed by atoms with Crippen LogP contribution in [0, 0.1) is 0 Å². The number of hydrogen-bond acceptors (Lipinski definition) is 6. The lowest BCUT2D eigenvalue weighted by Crippen LogP contribution is -2.35. The van der Waals surface area contributed by atoms with Gasteiger partial charge in [0.15, 0.2) is 0 Å².